The van der Waals surface area contributed by atoms with Crippen LogP contribution in [0.1, 0.15) is 34.2 Å². The number of hydrogen-bond donors (Lipinski definition) is 3. The lowest BCUT2D eigenvalue weighted by Crippen LogP contribution is -2.40. The first-order valence-electron chi connectivity index (χ1n) is 5.81. The van der Waals surface area contributed by atoms with E-state index in [2.05, 4.69) is 4.98 Å². The number of nitrogens with one attached hydrogen (secondary N) is 1. The summed E-state index contributed by atoms with van der Waals surface area (Å²) in [5, 5.41) is 18.5. The number of aliphatic carboxylic acids is 1. The lowest BCUT2D eigenvalue weighted by molar-refractivity contribution is -0.141. The molecule has 19 heavy (non-hydrogen) atoms. The Hall–Kier alpha value is -2.15. The van der Waals surface area contributed by atoms with Gasteiger partial charge in [0.15, 0.2) is 5.78 Å². The summed E-state index contributed by atoms with van der Waals surface area (Å²) in [5.74, 6) is -1.87. The van der Waals surface area contributed by atoms with Gasteiger partial charge in [0, 0.05) is 24.7 Å². The Balaban J connectivity index is 2.22. The molecule has 0 spiro atoms. The van der Waals surface area contributed by atoms with E-state index >= 15 is 0 Å². The van der Waals surface area contributed by atoms with Crippen molar-refractivity contribution in [3.05, 3.63) is 23.5 Å². The van der Waals surface area contributed by atoms with Gasteiger partial charge in [-0.05, 0) is 13.0 Å². The molecule has 0 radical (unpaired) electrons. The minimum absolute atomic E-state index is 0.0152. The predicted molar refractivity (Wildman–Crippen MR) is 63.9 cm³/mol. The van der Waals surface area contributed by atoms with E-state index in [1.54, 1.807) is 0 Å². The minimum atomic E-state index is -1.15. The van der Waals surface area contributed by atoms with Gasteiger partial charge in [0.1, 0.15) is 11.7 Å². The molecule has 7 nitrogen and oxygen atoms in total. The van der Waals surface area contributed by atoms with Gasteiger partial charge in [0.05, 0.1) is 6.10 Å². The Labute approximate surface area is 108 Å². The fourth-order valence-electron chi connectivity index (χ4n) is 2.15. The lowest BCUT2D eigenvalue weighted by atomic mass is 10.2. The van der Waals surface area contributed by atoms with Crippen LogP contribution >= 0.6 is 0 Å². The van der Waals surface area contributed by atoms with Crippen LogP contribution in [0.3, 0.4) is 0 Å². The van der Waals surface area contributed by atoms with Crippen LogP contribution < -0.4 is 0 Å². The van der Waals surface area contributed by atoms with Crippen LogP contribution in [0.5, 0.6) is 0 Å². The first-order valence-corrected chi connectivity index (χ1v) is 5.81. The molecule has 2 atom stereocenters. The van der Waals surface area contributed by atoms with Crippen molar-refractivity contribution >= 4 is 17.7 Å². The minimum Gasteiger partial charge on any atom is -0.480 e. The smallest absolute Gasteiger partial charge is 0.326 e. The highest BCUT2D eigenvalue weighted by Crippen LogP contribution is 2.21. The molecule has 1 aromatic rings. The molecule has 1 fully saturated rings. The van der Waals surface area contributed by atoms with Crippen molar-refractivity contribution in [2.75, 3.05) is 6.54 Å². The molecule has 1 aromatic heterocycles. The normalized spacial score (nSPS) is 22.5. The van der Waals surface area contributed by atoms with Crippen molar-refractivity contribution < 1.29 is 24.6 Å². The summed E-state index contributed by atoms with van der Waals surface area (Å²) in [4.78, 5) is 38.1. The number of aliphatic hydroxyl groups is 1. The Kier molecular flexibility index (Phi) is 3.39. The first kappa shape index (κ1) is 13.3. The molecule has 1 aliphatic rings. The number of carbonyl (C=O) groups is 3. The van der Waals surface area contributed by atoms with Crippen LogP contribution in [-0.4, -0.2) is 56.4 Å². The maximum Gasteiger partial charge on any atom is 0.326 e. The number of carboxylic acids is 1. The average molecular weight is 266 g/mol. The number of aromatic amines is 1. The van der Waals surface area contributed by atoms with Crippen LogP contribution in [0.4, 0.5) is 0 Å². The molecule has 0 aliphatic carbocycles. The van der Waals surface area contributed by atoms with Gasteiger partial charge in [-0.2, -0.15) is 0 Å². The van der Waals surface area contributed by atoms with E-state index in [0.717, 1.165) is 4.90 Å². The predicted octanol–water partition coefficient (Wildman–Crippen LogP) is -0.123. The summed E-state index contributed by atoms with van der Waals surface area (Å²) < 4.78 is 0. The Morgan fingerprint density at radius 1 is 1.42 bits per heavy atom. The van der Waals surface area contributed by atoms with Crippen molar-refractivity contribution in [2.24, 2.45) is 0 Å². The summed E-state index contributed by atoms with van der Waals surface area (Å²) in [5.41, 5.74) is 0.500. The molecule has 7 heteroatoms. The van der Waals surface area contributed by atoms with Crippen molar-refractivity contribution in [2.45, 2.75) is 25.5 Å². The van der Waals surface area contributed by atoms with E-state index in [0.29, 0.717) is 5.56 Å². The topological polar surface area (TPSA) is 111 Å². The molecule has 2 heterocycles. The number of β-amino-alcohol motifs (C(OH)–C–C–N with tert-alkyl or cyclic N) is 1. The van der Waals surface area contributed by atoms with Gasteiger partial charge in [-0.1, -0.05) is 0 Å². The zero-order valence-corrected chi connectivity index (χ0v) is 10.3. The lowest BCUT2D eigenvalue weighted by Gasteiger charge is -2.20. The number of ketones is 1. The SMILES string of the molecule is CC(=O)c1c[nH]c(C(=O)N2C[C@H](O)C[C@@H]2C(=O)O)c1. The molecule has 1 aliphatic heterocycles. The number of carboxylic acid groups (broad SMARTS) is 1. The van der Waals surface area contributed by atoms with Crippen LogP contribution in [0.2, 0.25) is 0 Å². The largest absolute Gasteiger partial charge is 0.480 e. The van der Waals surface area contributed by atoms with Gasteiger partial charge in [0.25, 0.3) is 5.91 Å². The summed E-state index contributed by atoms with van der Waals surface area (Å²) >= 11 is 0. The summed E-state index contributed by atoms with van der Waals surface area (Å²) in [7, 11) is 0. The molecule has 1 saturated heterocycles. The maximum absolute atomic E-state index is 12.2. The summed E-state index contributed by atoms with van der Waals surface area (Å²) in [6, 6.07) is 0.348. The molecule has 0 aromatic carbocycles. The zero-order valence-electron chi connectivity index (χ0n) is 10.3. The van der Waals surface area contributed by atoms with Gasteiger partial charge >= 0.3 is 5.97 Å². The van der Waals surface area contributed by atoms with Gasteiger partial charge in [-0.3, -0.25) is 9.59 Å². The number of nitrogens with zero attached hydrogens (tertiary/aromatic N) is 1. The van der Waals surface area contributed by atoms with Crippen molar-refractivity contribution in [3.63, 3.8) is 0 Å². The third kappa shape index (κ3) is 2.50. The molecule has 0 unspecified atom stereocenters. The van der Waals surface area contributed by atoms with Gasteiger partial charge < -0.3 is 20.1 Å². The first-order chi connectivity index (χ1) is 8.90. The molecular formula is C12H14N2O5. The number of carbonyl (C=O) groups excluding carboxylic acids is 2. The number of rotatable bonds is 3. The fourth-order valence-corrected chi connectivity index (χ4v) is 2.15. The number of aliphatic hydroxyl groups excluding tert-OH is 1. The number of Topliss-reactive ketones (excluding diaryl/α,β-unsaturated/α-hetero) is 1. The fraction of sp³-hybridized carbons (Fsp3) is 0.417. The van der Waals surface area contributed by atoms with Crippen LogP contribution in [0.15, 0.2) is 12.3 Å². The van der Waals surface area contributed by atoms with Gasteiger partial charge in [0.2, 0.25) is 0 Å². The second kappa shape index (κ2) is 4.85. The van der Waals surface area contributed by atoms with Crippen LogP contribution in [0, 0.1) is 0 Å². The highest BCUT2D eigenvalue weighted by molar-refractivity contribution is 6.00. The second-order valence-electron chi connectivity index (χ2n) is 4.56. The third-order valence-electron chi connectivity index (χ3n) is 3.14. The molecular weight excluding hydrogens is 252 g/mol. The average Bonchev–Trinajstić information content (AvgIpc) is 2.94. The van der Waals surface area contributed by atoms with Gasteiger partial charge in [-0.25, -0.2) is 4.79 Å². The van der Waals surface area contributed by atoms with Crippen molar-refractivity contribution in [1.29, 1.82) is 0 Å². The maximum atomic E-state index is 12.2. The zero-order chi connectivity index (χ0) is 14.2. The van der Waals surface area contributed by atoms with E-state index in [9.17, 15) is 19.5 Å². The number of amides is 1. The monoisotopic (exact) mass is 266 g/mol. The summed E-state index contributed by atoms with van der Waals surface area (Å²) in [6.45, 7) is 1.35. The molecule has 3 N–H and O–H groups in total. The van der Waals surface area contributed by atoms with E-state index < -0.39 is 24.0 Å². The highest BCUT2D eigenvalue weighted by Gasteiger charge is 2.39. The summed E-state index contributed by atoms with van der Waals surface area (Å²) in [6.07, 6.45) is 0.575. The van der Waals surface area contributed by atoms with Gasteiger partial charge in [-0.15, -0.1) is 0 Å². The molecule has 0 saturated carbocycles. The van der Waals surface area contributed by atoms with E-state index in [-0.39, 0.29) is 24.4 Å². The Morgan fingerprint density at radius 3 is 2.63 bits per heavy atom. The van der Waals surface area contributed by atoms with Crippen molar-refractivity contribution in [1.82, 2.24) is 9.88 Å². The van der Waals surface area contributed by atoms with E-state index in [1.807, 2.05) is 0 Å². The Bertz CT molecular complexity index is 536. The quantitative estimate of drug-likeness (QED) is 0.660. The molecule has 1 amide bonds. The molecule has 102 valence electrons. The molecule has 0 bridgehead atoms. The van der Waals surface area contributed by atoms with E-state index in [1.165, 1.54) is 19.2 Å². The van der Waals surface area contributed by atoms with Crippen LogP contribution in [-0.2, 0) is 4.79 Å². The third-order valence-corrected chi connectivity index (χ3v) is 3.14. The van der Waals surface area contributed by atoms with E-state index in [4.69, 9.17) is 5.11 Å². The Morgan fingerprint density at radius 2 is 2.11 bits per heavy atom. The highest BCUT2D eigenvalue weighted by atomic mass is 16.4. The number of aromatic nitrogens is 1. The number of likely N-dealkylation sites (tertiary alicyclic amines) is 1. The molecule has 2 rings (SSSR count). The van der Waals surface area contributed by atoms with Crippen LogP contribution in [0.25, 0.3) is 0 Å². The standard InChI is InChI=1S/C12H14N2O5/c1-6(15)7-2-9(13-4-7)11(17)14-5-8(16)3-10(14)12(18)19/h2,4,8,10,13,16H,3,5H2,1H3,(H,18,19)/t8-,10-/m1/s1. The second-order valence-corrected chi connectivity index (χ2v) is 4.56. The van der Waals surface area contributed by atoms with Crippen molar-refractivity contribution in [3.8, 4) is 0 Å². The number of H-pyrrole nitrogens is 1. The number of hydrogen-bond acceptors (Lipinski definition) is 4.